The van der Waals surface area contributed by atoms with Crippen LogP contribution in [-0.2, 0) is 10.2 Å². The van der Waals surface area contributed by atoms with Gasteiger partial charge in [-0.2, -0.15) is 0 Å². The number of rotatable bonds is 3. The van der Waals surface area contributed by atoms with Crippen LogP contribution >= 0.6 is 0 Å². The highest BCUT2D eigenvalue weighted by Gasteiger charge is 2.52. The minimum Gasteiger partial charge on any atom is -0.480 e. The molecule has 1 aromatic rings. The maximum Gasteiger partial charge on any atom is 0.321 e. The number of carboxylic acid groups (broad SMARTS) is 1. The highest BCUT2D eigenvalue weighted by molar-refractivity contribution is 5.77. The zero-order valence-electron chi connectivity index (χ0n) is 9.03. The third-order valence-electron chi connectivity index (χ3n) is 3.27. The van der Waals surface area contributed by atoms with Crippen LogP contribution in [0.25, 0.3) is 0 Å². The van der Waals surface area contributed by atoms with E-state index in [9.17, 15) is 9.18 Å². The van der Waals surface area contributed by atoms with Gasteiger partial charge in [0.25, 0.3) is 0 Å². The van der Waals surface area contributed by atoms with E-state index in [0.717, 1.165) is 5.56 Å². The molecule has 0 saturated heterocycles. The summed E-state index contributed by atoms with van der Waals surface area (Å²) in [6.07, 6.45) is 1.42. The van der Waals surface area contributed by atoms with E-state index >= 15 is 0 Å². The number of hydrogen-bond donors (Lipinski definition) is 2. The second-order valence-electron chi connectivity index (χ2n) is 4.49. The molecule has 86 valence electrons. The van der Waals surface area contributed by atoms with E-state index in [2.05, 4.69) is 0 Å². The zero-order valence-corrected chi connectivity index (χ0v) is 9.03. The normalized spacial score (nSPS) is 19.2. The summed E-state index contributed by atoms with van der Waals surface area (Å²) in [5.74, 6) is -1.36. The number of aryl methyl sites for hydroxylation is 1. The Morgan fingerprint density at radius 3 is 2.56 bits per heavy atom. The Balaban J connectivity index is 2.40. The number of benzene rings is 1. The maximum atomic E-state index is 13.3. The Hall–Kier alpha value is -1.42. The van der Waals surface area contributed by atoms with Gasteiger partial charge in [0.05, 0.1) is 0 Å². The predicted octanol–water partition coefficient (Wildman–Crippen LogP) is 1.58. The van der Waals surface area contributed by atoms with Crippen molar-refractivity contribution in [3.8, 4) is 0 Å². The third-order valence-corrected chi connectivity index (χ3v) is 3.27. The maximum absolute atomic E-state index is 13.3. The lowest BCUT2D eigenvalue weighted by Crippen LogP contribution is -2.42. The third kappa shape index (κ3) is 1.69. The average Bonchev–Trinajstić information content (AvgIpc) is 2.95. The van der Waals surface area contributed by atoms with Crippen molar-refractivity contribution in [3.05, 3.63) is 35.1 Å². The van der Waals surface area contributed by atoms with Gasteiger partial charge in [-0.05, 0) is 43.0 Å². The standard InChI is InChI=1S/C12H14FNO2/c1-7-4-8(6-9(13)5-7)12(2-3-12)10(14)11(15)16/h4-6,10H,2-3,14H2,1H3,(H,15,16). The molecule has 1 atom stereocenters. The summed E-state index contributed by atoms with van der Waals surface area (Å²) in [6, 6.07) is 3.68. The largest absolute Gasteiger partial charge is 0.480 e. The highest BCUT2D eigenvalue weighted by Crippen LogP contribution is 2.50. The molecular weight excluding hydrogens is 209 g/mol. The minimum absolute atomic E-state index is 0.334. The van der Waals surface area contributed by atoms with Crippen molar-refractivity contribution in [2.75, 3.05) is 0 Å². The lowest BCUT2D eigenvalue weighted by molar-refractivity contribution is -0.139. The first-order chi connectivity index (χ1) is 7.45. The molecule has 0 heterocycles. The summed E-state index contributed by atoms with van der Waals surface area (Å²) in [5, 5.41) is 8.94. The smallest absolute Gasteiger partial charge is 0.321 e. The van der Waals surface area contributed by atoms with E-state index in [1.54, 1.807) is 6.92 Å². The lowest BCUT2D eigenvalue weighted by Gasteiger charge is -2.20. The second kappa shape index (κ2) is 3.56. The molecule has 0 aliphatic heterocycles. The van der Waals surface area contributed by atoms with Gasteiger partial charge in [-0.3, -0.25) is 4.79 Å². The number of hydrogen-bond acceptors (Lipinski definition) is 2. The molecule has 3 nitrogen and oxygen atoms in total. The van der Waals surface area contributed by atoms with Gasteiger partial charge in [-0.15, -0.1) is 0 Å². The molecule has 0 amide bonds. The quantitative estimate of drug-likeness (QED) is 0.817. The van der Waals surface area contributed by atoms with Gasteiger partial charge in [0.1, 0.15) is 11.9 Å². The van der Waals surface area contributed by atoms with Crippen molar-refractivity contribution in [2.24, 2.45) is 5.73 Å². The molecule has 0 radical (unpaired) electrons. The molecule has 4 heteroatoms. The summed E-state index contributed by atoms with van der Waals surface area (Å²) >= 11 is 0. The summed E-state index contributed by atoms with van der Waals surface area (Å²) in [5.41, 5.74) is 6.61. The minimum atomic E-state index is -1.03. The molecule has 1 aromatic carbocycles. The molecule has 0 spiro atoms. The fraction of sp³-hybridized carbons (Fsp3) is 0.417. The highest BCUT2D eigenvalue weighted by atomic mass is 19.1. The summed E-state index contributed by atoms with van der Waals surface area (Å²) in [6.45, 7) is 1.79. The molecule has 3 N–H and O–H groups in total. The van der Waals surface area contributed by atoms with Crippen molar-refractivity contribution in [3.63, 3.8) is 0 Å². The van der Waals surface area contributed by atoms with E-state index in [-0.39, 0.29) is 5.82 Å². The Labute approximate surface area is 93.1 Å². The van der Waals surface area contributed by atoms with Gasteiger partial charge in [0.2, 0.25) is 0 Å². The van der Waals surface area contributed by atoms with E-state index in [1.807, 2.05) is 6.07 Å². The molecule has 2 rings (SSSR count). The van der Waals surface area contributed by atoms with Gasteiger partial charge in [0, 0.05) is 5.41 Å². The van der Waals surface area contributed by atoms with Gasteiger partial charge in [0.15, 0.2) is 0 Å². The second-order valence-corrected chi connectivity index (χ2v) is 4.49. The van der Waals surface area contributed by atoms with E-state index in [0.29, 0.717) is 18.4 Å². The van der Waals surface area contributed by atoms with Gasteiger partial charge in [-0.25, -0.2) is 4.39 Å². The van der Waals surface area contributed by atoms with Crippen LogP contribution in [0.15, 0.2) is 18.2 Å². The Morgan fingerprint density at radius 2 is 2.12 bits per heavy atom. The van der Waals surface area contributed by atoms with Gasteiger partial charge in [-0.1, -0.05) is 6.07 Å². The van der Waals surface area contributed by atoms with Crippen molar-refractivity contribution < 1.29 is 14.3 Å². The Kier molecular flexibility index (Phi) is 2.46. The SMILES string of the molecule is Cc1cc(F)cc(C2(C(N)C(=O)O)CC2)c1. The number of aliphatic carboxylic acids is 1. The monoisotopic (exact) mass is 223 g/mol. The van der Waals surface area contributed by atoms with Crippen LogP contribution in [0, 0.1) is 12.7 Å². The van der Waals surface area contributed by atoms with Crippen LogP contribution in [0.1, 0.15) is 24.0 Å². The Bertz CT molecular complexity index is 420. The fourth-order valence-corrected chi connectivity index (χ4v) is 2.17. The van der Waals surface area contributed by atoms with E-state index in [1.165, 1.54) is 12.1 Å². The van der Waals surface area contributed by atoms with Crippen LogP contribution < -0.4 is 5.73 Å². The Morgan fingerprint density at radius 1 is 1.50 bits per heavy atom. The molecule has 1 unspecified atom stereocenters. The van der Waals surface area contributed by atoms with Crippen LogP contribution in [0.3, 0.4) is 0 Å². The van der Waals surface area contributed by atoms with Crippen molar-refractivity contribution in [1.82, 2.24) is 0 Å². The van der Waals surface area contributed by atoms with Gasteiger partial charge < -0.3 is 10.8 Å². The number of halogens is 1. The van der Waals surface area contributed by atoms with Crippen molar-refractivity contribution >= 4 is 5.97 Å². The van der Waals surface area contributed by atoms with E-state index < -0.39 is 17.4 Å². The van der Waals surface area contributed by atoms with Crippen LogP contribution in [0.5, 0.6) is 0 Å². The summed E-state index contributed by atoms with van der Waals surface area (Å²) < 4.78 is 13.3. The first-order valence-electron chi connectivity index (χ1n) is 5.22. The van der Waals surface area contributed by atoms with Crippen molar-refractivity contribution in [2.45, 2.75) is 31.2 Å². The van der Waals surface area contributed by atoms with E-state index in [4.69, 9.17) is 10.8 Å². The van der Waals surface area contributed by atoms with Crippen LogP contribution in [0.4, 0.5) is 4.39 Å². The van der Waals surface area contributed by atoms with Gasteiger partial charge >= 0.3 is 5.97 Å². The molecule has 1 fully saturated rings. The van der Waals surface area contributed by atoms with Crippen LogP contribution in [-0.4, -0.2) is 17.1 Å². The van der Waals surface area contributed by atoms with Crippen LogP contribution in [0.2, 0.25) is 0 Å². The predicted molar refractivity (Wildman–Crippen MR) is 57.7 cm³/mol. The molecule has 1 saturated carbocycles. The molecule has 0 bridgehead atoms. The topological polar surface area (TPSA) is 63.3 Å². The summed E-state index contributed by atoms with van der Waals surface area (Å²) in [7, 11) is 0. The number of carbonyl (C=O) groups is 1. The molecule has 16 heavy (non-hydrogen) atoms. The number of nitrogens with two attached hydrogens (primary N) is 1. The molecule has 1 aliphatic carbocycles. The summed E-state index contributed by atoms with van der Waals surface area (Å²) in [4.78, 5) is 10.9. The fourth-order valence-electron chi connectivity index (χ4n) is 2.17. The number of carboxylic acids is 1. The first-order valence-corrected chi connectivity index (χ1v) is 5.22. The molecular formula is C12H14FNO2. The lowest BCUT2D eigenvalue weighted by atomic mass is 9.87. The molecule has 0 aromatic heterocycles. The first kappa shape index (κ1) is 11.1. The zero-order chi connectivity index (χ0) is 11.9. The van der Waals surface area contributed by atoms with Crippen molar-refractivity contribution in [1.29, 1.82) is 0 Å². The molecule has 1 aliphatic rings. The average molecular weight is 223 g/mol.